The minimum atomic E-state index is 0.639. The first-order valence-electron chi connectivity index (χ1n) is 5.13. The molecule has 1 nitrogen and oxygen atoms in total. The Morgan fingerprint density at radius 2 is 2.23 bits per heavy atom. The summed E-state index contributed by atoms with van der Waals surface area (Å²) in [6.45, 7) is 5.50. The van der Waals surface area contributed by atoms with E-state index in [9.17, 15) is 0 Å². The van der Waals surface area contributed by atoms with Crippen molar-refractivity contribution < 1.29 is 0 Å². The van der Waals surface area contributed by atoms with E-state index >= 15 is 0 Å². The fourth-order valence-corrected chi connectivity index (χ4v) is 1.95. The van der Waals surface area contributed by atoms with E-state index in [1.807, 2.05) is 0 Å². The van der Waals surface area contributed by atoms with Crippen molar-refractivity contribution in [3.8, 4) is 0 Å². The Morgan fingerprint density at radius 1 is 1.38 bits per heavy atom. The molecular formula is C12H17N. The normalized spacial score (nSPS) is 21.2. The van der Waals surface area contributed by atoms with Crippen molar-refractivity contribution in [1.82, 2.24) is 5.32 Å². The molecule has 1 aromatic carbocycles. The van der Waals surface area contributed by atoms with Gasteiger partial charge in [-0.05, 0) is 36.5 Å². The maximum Gasteiger partial charge on any atom is 0.0210 e. The average Bonchev–Trinajstić information content (AvgIpc) is 2.17. The third-order valence-electron chi connectivity index (χ3n) is 2.85. The number of fused-ring (bicyclic) bond motifs is 1. The van der Waals surface area contributed by atoms with Gasteiger partial charge in [-0.25, -0.2) is 0 Å². The summed E-state index contributed by atoms with van der Waals surface area (Å²) in [7, 11) is 0. The minimum absolute atomic E-state index is 0.639. The molecule has 0 radical (unpaired) electrons. The van der Waals surface area contributed by atoms with Crippen LogP contribution in [0.5, 0.6) is 0 Å². The minimum Gasteiger partial charge on any atom is -0.310 e. The fourth-order valence-electron chi connectivity index (χ4n) is 1.95. The molecule has 1 atom stereocenters. The van der Waals surface area contributed by atoms with Crippen molar-refractivity contribution in [2.45, 2.75) is 39.3 Å². The molecule has 0 spiro atoms. The number of aryl methyl sites for hydroxylation is 1. The van der Waals surface area contributed by atoms with Crippen LogP contribution in [0.25, 0.3) is 0 Å². The SMILES string of the molecule is CCc1ccc2c(c1)CN[C@H](C)C2. The van der Waals surface area contributed by atoms with Crippen LogP contribution in [0.3, 0.4) is 0 Å². The highest BCUT2D eigenvalue weighted by Gasteiger charge is 2.13. The van der Waals surface area contributed by atoms with Gasteiger partial charge >= 0.3 is 0 Å². The van der Waals surface area contributed by atoms with Crippen molar-refractivity contribution in [2.75, 3.05) is 0 Å². The van der Waals surface area contributed by atoms with Crippen molar-refractivity contribution in [2.24, 2.45) is 0 Å². The Hall–Kier alpha value is -0.820. The molecule has 1 aliphatic rings. The summed E-state index contributed by atoms with van der Waals surface area (Å²) in [4.78, 5) is 0. The molecule has 13 heavy (non-hydrogen) atoms. The molecule has 0 fully saturated rings. The lowest BCUT2D eigenvalue weighted by Crippen LogP contribution is -2.32. The zero-order chi connectivity index (χ0) is 9.26. The van der Waals surface area contributed by atoms with E-state index in [1.165, 1.54) is 23.1 Å². The van der Waals surface area contributed by atoms with Crippen LogP contribution < -0.4 is 5.32 Å². The van der Waals surface area contributed by atoms with Gasteiger partial charge in [-0.1, -0.05) is 25.1 Å². The Bertz CT molecular complexity index is 304. The second-order valence-corrected chi connectivity index (χ2v) is 3.94. The van der Waals surface area contributed by atoms with Crippen LogP contribution in [0.4, 0.5) is 0 Å². The highest BCUT2D eigenvalue weighted by atomic mass is 14.9. The van der Waals surface area contributed by atoms with Crippen LogP contribution >= 0.6 is 0 Å². The molecule has 0 aliphatic carbocycles. The monoisotopic (exact) mass is 175 g/mol. The lowest BCUT2D eigenvalue weighted by Gasteiger charge is -2.23. The highest BCUT2D eigenvalue weighted by Crippen LogP contribution is 2.18. The van der Waals surface area contributed by atoms with E-state index in [2.05, 4.69) is 37.4 Å². The van der Waals surface area contributed by atoms with E-state index in [4.69, 9.17) is 0 Å². The van der Waals surface area contributed by atoms with Gasteiger partial charge in [0.05, 0.1) is 0 Å². The largest absolute Gasteiger partial charge is 0.310 e. The molecule has 0 aromatic heterocycles. The molecule has 0 saturated heterocycles. The van der Waals surface area contributed by atoms with Crippen molar-refractivity contribution in [3.63, 3.8) is 0 Å². The summed E-state index contributed by atoms with van der Waals surface area (Å²) in [5.41, 5.74) is 4.48. The highest BCUT2D eigenvalue weighted by molar-refractivity contribution is 5.34. The molecule has 1 aliphatic heterocycles. The third-order valence-corrected chi connectivity index (χ3v) is 2.85. The third kappa shape index (κ3) is 1.75. The van der Waals surface area contributed by atoms with E-state index < -0.39 is 0 Å². The maximum atomic E-state index is 3.49. The Balaban J connectivity index is 2.31. The molecule has 0 bridgehead atoms. The summed E-state index contributed by atoms with van der Waals surface area (Å²) in [5, 5.41) is 3.49. The first kappa shape index (κ1) is 8.76. The lowest BCUT2D eigenvalue weighted by molar-refractivity contribution is 0.513. The van der Waals surface area contributed by atoms with E-state index in [0.29, 0.717) is 6.04 Å². The molecule has 1 aromatic rings. The number of hydrogen-bond acceptors (Lipinski definition) is 1. The summed E-state index contributed by atoms with van der Waals surface area (Å²) in [6.07, 6.45) is 2.32. The number of benzene rings is 1. The first-order valence-corrected chi connectivity index (χ1v) is 5.13. The number of nitrogens with one attached hydrogen (secondary N) is 1. The second-order valence-electron chi connectivity index (χ2n) is 3.94. The molecule has 0 unspecified atom stereocenters. The van der Waals surface area contributed by atoms with Gasteiger partial charge in [-0.2, -0.15) is 0 Å². The zero-order valence-corrected chi connectivity index (χ0v) is 8.43. The van der Waals surface area contributed by atoms with E-state index in [0.717, 1.165) is 13.0 Å². The Kier molecular flexibility index (Phi) is 2.36. The standard InChI is InChI=1S/C12H17N/c1-3-10-4-5-11-6-9(2)13-8-12(11)7-10/h4-5,7,9,13H,3,6,8H2,1-2H3/t9-/m1/s1. The molecule has 70 valence electrons. The Labute approximate surface area is 80.2 Å². The van der Waals surface area contributed by atoms with E-state index in [-0.39, 0.29) is 0 Å². The fraction of sp³-hybridized carbons (Fsp3) is 0.500. The van der Waals surface area contributed by atoms with Gasteiger partial charge in [0.25, 0.3) is 0 Å². The smallest absolute Gasteiger partial charge is 0.0210 e. The topological polar surface area (TPSA) is 12.0 Å². The predicted octanol–water partition coefficient (Wildman–Crippen LogP) is 2.28. The predicted molar refractivity (Wildman–Crippen MR) is 55.8 cm³/mol. The van der Waals surface area contributed by atoms with E-state index in [1.54, 1.807) is 0 Å². The Morgan fingerprint density at radius 3 is 3.00 bits per heavy atom. The van der Waals surface area contributed by atoms with Crippen molar-refractivity contribution >= 4 is 0 Å². The molecular weight excluding hydrogens is 158 g/mol. The van der Waals surface area contributed by atoms with Crippen molar-refractivity contribution in [3.05, 3.63) is 34.9 Å². The van der Waals surface area contributed by atoms with Crippen molar-refractivity contribution in [1.29, 1.82) is 0 Å². The van der Waals surface area contributed by atoms with Crippen LogP contribution in [-0.2, 0) is 19.4 Å². The number of hydrogen-bond donors (Lipinski definition) is 1. The second kappa shape index (κ2) is 3.51. The summed E-state index contributed by atoms with van der Waals surface area (Å²) >= 11 is 0. The molecule has 1 N–H and O–H groups in total. The van der Waals surface area contributed by atoms with Gasteiger partial charge in [0.1, 0.15) is 0 Å². The van der Waals surface area contributed by atoms with Crippen LogP contribution in [0.15, 0.2) is 18.2 Å². The number of rotatable bonds is 1. The van der Waals surface area contributed by atoms with Crippen LogP contribution in [0, 0.1) is 0 Å². The molecule has 2 rings (SSSR count). The van der Waals surface area contributed by atoms with Crippen LogP contribution in [0.2, 0.25) is 0 Å². The van der Waals surface area contributed by atoms with Crippen LogP contribution in [0.1, 0.15) is 30.5 Å². The average molecular weight is 175 g/mol. The molecule has 1 heteroatoms. The van der Waals surface area contributed by atoms with Gasteiger partial charge in [-0.15, -0.1) is 0 Å². The van der Waals surface area contributed by atoms with Crippen LogP contribution in [-0.4, -0.2) is 6.04 Å². The molecule has 0 saturated carbocycles. The quantitative estimate of drug-likeness (QED) is 0.690. The van der Waals surface area contributed by atoms with Gasteiger partial charge in [0.2, 0.25) is 0 Å². The molecule has 0 amide bonds. The van der Waals surface area contributed by atoms with Gasteiger partial charge in [0.15, 0.2) is 0 Å². The first-order chi connectivity index (χ1) is 6.29. The van der Waals surface area contributed by atoms with Gasteiger partial charge < -0.3 is 5.32 Å². The lowest BCUT2D eigenvalue weighted by atomic mass is 9.94. The summed E-state index contributed by atoms with van der Waals surface area (Å²) < 4.78 is 0. The van der Waals surface area contributed by atoms with Gasteiger partial charge in [0, 0.05) is 12.6 Å². The zero-order valence-electron chi connectivity index (χ0n) is 8.43. The summed E-state index contributed by atoms with van der Waals surface area (Å²) in [6, 6.07) is 7.54. The molecule has 1 heterocycles. The summed E-state index contributed by atoms with van der Waals surface area (Å²) in [5.74, 6) is 0. The maximum absolute atomic E-state index is 3.49. The van der Waals surface area contributed by atoms with Gasteiger partial charge in [-0.3, -0.25) is 0 Å².